The second-order valence-electron chi connectivity index (χ2n) is 7.29. The van der Waals surface area contributed by atoms with Crippen LogP contribution in [0.5, 0.6) is 0 Å². The fourth-order valence-electron chi connectivity index (χ4n) is 4.42. The molecule has 0 saturated carbocycles. The Morgan fingerprint density at radius 3 is 1.81 bits per heavy atom. The topological polar surface area (TPSA) is 43.1 Å². The van der Waals surface area contributed by atoms with Crippen LogP contribution < -0.4 is 22.7 Å². The van der Waals surface area contributed by atoms with Crippen LogP contribution in [-0.2, 0) is 10.2 Å². The third kappa shape index (κ3) is 3.86. The second-order valence-corrected chi connectivity index (χ2v) is 7.29. The minimum absolute atomic E-state index is 0. The van der Waals surface area contributed by atoms with Gasteiger partial charge in [0.25, 0.3) is 0 Å². The number of nitrogens with two attached hydrogens (primary N) is 1. The smallest absolute Gasteiger partial charge is 0.232 e. The maximum atomic E-state index is 12.8. The minimum atomic E-state index is -0.758. The van der Waals surface area contributed by atoms with Crippen molar-refractivity contribution in [2.75, 3.05) is 26.2 Å². The Hall–Kier alpha value is -1.65. The van der Waals surface area contributed by atoms with Crippen LogP contribution in [0.4, 0.5) is 0 Å². The molecule has 2 N–H and O–H groups in total. The minimum Gasteiger partial charge on any atom is -1.00 e. The molecule has 0 aromatic heterocycles. The monoisotopic (exact) mass is 416 g/mol. The summed E-state index contributed by atoms with van der Waals surface area (Å²) in [6, 6.07) is 20.1. The summed E-state index contributed by atoms with van der Waals surface area (Å²) >= 11 is 0. The van der Waals surface area contributed by atoms with Gasteiger partial charge < -0.3 is 27.2 Å². The predicted molar refractivity (Wildman–Crippen MR) is 102 cm³/mol. The van der Waals surface area contributed by atoms with Crippen molar-refractivity contribution in [2.45, 2.75) is 31.6 Å². The molecule has 0 radical (unpaired) electrons. The standard InChI is InChI=1S/C22H28N2O.BrH/c1-2-24(16-9-10-17-24)18-15-22(21(23)25,19-11-5-3-6-12-19)20-13-7-4-8-14-20;/h3-8,11-14H,2,9-10,15-18H2,1H3,(H-,23,25);1H. The molecule has 1 saturated heterocycles. The summed E-state index contributed by atoms with van der Waals surface area (Å²) in [5, 5.41) is 0. The fourth-order valence-corrected chi connectivity index (χ4v) is 4.42. The van der Waals surface area contributed by atoms with E-state index in [2.05, 4.69) is 6.92 Å². The largest absolute Gasteiger partial charge is 1.00 e. The van der Waals surface area contributed by atoms with Crippen LogP contribution in [0.1, 0.15) is 37.3 Å². The molecule has 3 rings (SSSR count). The third-order valence-electron chi connectivity index (χ3n) is 6.10. The molecule has 4 heteroatoms. The number of quaternary nitrogens is 1. The summed E-state index contributed by atoms with van der Waals surface area (Å²) in [5.74, 6) is -0.252. The summed E-state index contributed by atoms with van der Waals surface area (Å²) in [6.07, 6.45) is 3.33. The van der Waals surface area contributed by atoms with Gasteiger partial charge in [-0.15, -0.1) is 0 Å². The molecule has 3 nitrogen and oxygen atoms in total. The van der Waals surface area contributed by atoms with Gasteiger partial charge >= 0.3 is 0 Å². The van der Waals surface area contributed by atoms with Crippen molar-refractivity contribution in [3.63, 3.8) is 0 Å². The molecule has 1 aliphatic heterocycles. The number of carbonyl (C=O) groups excluding carboxylic acids is 1. The van der Waals surface area contributed by atoms with Gasteiger partial charge in [0, 0.05) is 19.3 Å². The molecule has 26 heavy (non-hydrogen) atoms. The number of carbonyl (C=O) groups is 1. The number of halogens is 1. The lowest BCUT2D eigenvalue weighted by Gasteiger charge is -2.38. The molecular weight excluding hydrogens is 388 g/mol. The molecule has 2 aromatic carbocycles. The van der Waals surface area contributed by atoms with Crippen LogP contribution in [0.2, 0.25) is 0 Å². The Morgan fingerprint density at radius 2 is 1.42 bits per heavy atom. The summed E-state index contributed by atoms with van der Waals surface area (Å²) in [6.45, 7) is 6.81. The number of rotatable bonds is 7. The SMILES string of the molecule is CC[N+]1(CCC(C(N)=O)(c2ccccc2)c2ccccc2)CCCC1.[Br-]. The molecule has 0 bridgehead atoms. The van der Waals surface area contributed by atoms with Crippen molar-refractivity contribution in [3.8, 4) is 0 Å². The van der Waals surface area contributed by atoms with Gasteiger partial charge in [0.2, 0.25) is 5.91 Å². The predicted octanol–water partition coefficient (Wildman–Crippen LogP) is 0.483. The van der Waals surface area contributed by atoms with Crippen molar-refractivity contribution in [1.82, 2.24) is 0 Å². The van der Waals surface area contributed by atoms with Crippen molar-refractivity contribution < 1.29 is 26.3 Å². The van der Waals surface area contributed by atoms with Crippen LogP contribution >= 0.6 is 0 Å². The Balaban J connectivity index is 0.00000243. The zero-order chi connectivity index (χ0) is 17.8. The maximum Gasteiger partial charge on any atom is 0.232 e. The van der Waals surface area contributed by atoms with E-state index in [1.807, 2.05) is 60.7 Å². The first kappa shape index (κ1) is 20.7. The molecule has 2 aromatic rings. The molecule has 1 aliphatic rings. The van der Waals surface area contributed by atoms with Crippen LogP contribution in [-0.4, -0.2) is 36.6 Å². The van der Waals surface area contributed by atoms with E-state index in [0.717, 1.165) is 35.1 Å². The van der Waals surface area contributed by atoms with Crippen LogP contribution in [0, 0.1) is 0 Å². The summed E-state index contributed by atoms with van der Waals surface area (Å²) < 4.78 is 1.11. The first-order valence-electron chi connectivity index (χ1n) is 9.39. The van der Waals surface area contributed by atoms with E-state index in [1.165, 1.54) is 25.9 Å². The van der Waals surface area contributed by atoms with E-state index < -0.39 is 5.41 Å². The first-order chi connectivity index (χ1) is 12.1. The molecule has 0 aliphatic carbocycles. The number of benzene rings is 2. The van der Waals surface area contributed by atoms with Gasteiger partial charge in [-0.1, -0.05) is 60.7 Å². The van der Waals surface area contributed by atoms with Gasteiger partial charge in [-0.25, -0.2) is 0 Å². The van der Waals surface area contributed by atoms with E-state index in [1.54, 1.807) is 0 Å². The van der Waals surface area contributed by atoms with Crippen molar-refractivity contribution in [3.05, 3.63) is 71.8 Å². The highest BCUT2D eigenvalue weighted by Crippen LogP contribution is 2.37. The fraction of sp³-hybridized carbons (Fsp3) is 0.409. The van der Waals surface area contributed by atoms with Crippen molar-refractivity contribution in [1.29, 1.82) is 0 Å². The number of hydrogen-bond acceptors (Lipinski definition) is 1. The quantitative estimate of drug-likeness (QED) is 0.655. The highest BCUT2D eigenvalue weighted by atomic mass is 79.9. The van der Waals surface area contributed by atoms with Crippen molar-refractivity contribution >= 4 is 5.91 Å². The van der Waals surface area contributed by atoms with E-state index in [0.29, 0.717) is 0 Å². The Kier molecular flexibility index (Phi) is 7.01. The number of likely N-dealkylation sites (tertiary alicyclic amines) is 1. The molecule has 1 heterocycles. The van der Waals surface area contributed by atoms with Gasteiger partial charge in [0.1, 0.15) is 5.41 Å². The third-order valence-corrected chi connectivity index (χ3v) is 6.10. The summed E-state index contributed by atoms with van der Waals surface area (Å²) in [5.41, 5.74) is 7.30. The van der Waals surface area contributed by atoms with Crippen LogP contribution in [0.15, 0.2) is 60.7 Å². The van der Waals surface area contributed by atoms with Gasteiger partial charge in [0.05, 0.1) is 26.2 Å². The highest BCUT2D eigenvalue weighted by molar-refractivity contribution is 5.90. The number of hydrogen-bond donors (Lipinski definition) is 1. The van der Waals surface area contributed by atoms with Crippen LogP contribution in [0.3, 0.4) is 0 Å². The van der Waals surface area contributed by atoms with Gasteiger partial charge in [-0.05, 0) is 18.1 Å². The van der Waals surface area contributed by atoms with E-state index >= 15 is 0 Å². The first-order valence-corrected chi connectivity index (χ1v) is 9.39. The lowest BCUT2D eigenvalue weighted by molar-refractivity contribution is -0.915. The molecular formula is C22H29BrN2O. The Bertz CT molecular complexity index is 657. The molecule has 140 valence electrons. The van der Waals surface area contributed by atoms with Crippen LogP contribution in [0.25, 0.3) is 0 Å². The normalized spacial score (nSPS) is 16.0. The number of amides is 1. The Morgan fingerprint density at radius 1 is 0.962 bits per heavy atom. The Labute approximate surface area is 167 Å². The summed E-state index contributed by atoms with van der Waals surface area (Å²) in [4.78, 5) is 12.8. The van der Waals surface area contributed by atoms with Gasteiger partial charge in [-0.3, -0.25) is 4.79 Å². The lowest BCUT2D eigenvalue weighted by Crippen LogP contribution is -3.00. The van der Waals surface area contributed by atoms with Crippen molar-refractivity contribution in [2.24, 2.45) is 5.73 Å². The number of nitrogens with zero attached hydrogens (tertiary/aromatic N) is 1. The van der Waals surface area contributed by atoms with E-state index in [9.17, 15) is 4.79 Å². The van der Waals surface area contributed by atoms with Gasteiger partial charge in [-0.2, -0.15) is 0 Å². The van der Waals surface area contributed by atoms with E-state index in [-0.39, 0.29) is 22.9 Å². The average molecular weight is 417 g/mol. The zero-order valence-electron chi connectivity index (χ0n) is 15.5. The van der Waals surface area contributed by atoms with Gasteiger partial charge in [0.15, 0.2) is 0 Å². The summed E-state index contributed by atoms with van der Waals surface area (Å²) in [7, 11) is 0. The average Bonchev–Trinajstić information content (AvgIpc) is 3.13. The maximum absolute atomic E-state index is 12.8. The molecule has 0 unspecified atom stereocenters. The lowest BCUT2D eigenvalue weighted by atomic mass is 9.71. The zero-order valence-corrected chi connectivity index (χ0v) is 17.1. The molecule has 0 spiro atoms. The number of primary amides is 1. The highest BCUT2D eigenvalue weighted by Gasteiger charge is 2.43. The second kappa shape index (κ2) is 8.83. The molecule has 1 amide bonds. The van der Waals surface area contributed by atoms with E-state index in [4.69, 9.17) is 5.73 Å². The molecule has 0 atom stereocenters. The molecule has 1 fully saturated rings.